The first-order valence-corrected chi connectivity index (χ1v) is 13.4. The maximum atomic E-state index is 13.4. The Kier molecular flexibility index (Phi) is 11.2. The van der Waals surface area contributed by atoms with E-state index in [4.69, 9.17) is 19.3 Å². The van der Waals surface area contributed by atoms with Crippen molar-refractivity contribution in [3.05, 3.63) is 81.0 Å². The van der Waals surface area contributed by atoms with Gasteiger partial charge in [0.1, 0.15) is 19.1 Å². The number of aliphatic hydroxyl groups is 1. The Morgan fingerprint density at radius 1 is 1.08 bits per heavy atom. The van der Waals surface area contributed by atoms with Gasteiger partial charge in [-0.1, -0.05) is 24.3 Å². The van der Waals surface area contributed by atoms with Crippen LogP contribution >= 0.6 is 11.8 Å². The molecule has 10 nitrogen and oxygen atoms in total. The van der Waals surface area contributed by atoms with E-state index in [-0.39, 0.29) is 37.7 Å². The lowest BCUT2D eigenvalue weighted by atomic mass is 9.75. The standard InChI is InChI=1S/C28H32N2O8S/c1-18-24(27(32)37-14-13-36-3)26(21-5-4-6-22(17-21)30(34)35)25(19(2)29-18)28(33)38-15-16-39-23-9-7-20(8-10-23)11-12-31/h4-10,17,24,26,31H,11-16H2,1-3H3. The molecule has 1 aliphatic heterocycles. The number of hydrogen-bond donors (Lipinski definition) is 1. The number of aliphatic imine (C=N–C) groups is 1. The van der Waals surface area contributed by atoms with Crippen LogP contribution in [-0.4, -0.2) is 67.0 Å². The summed E-state index contributed by atoms with van der Waals surface area (Å²) in [7, 11) is 1.48. The van der Waals surface area contributed by atoms with Gasteiger partial charge in [0, 0.05) is 53.8 Å². The number of non-ortho nitro benzene ring substituents is 1. The summed E-state index contributed by atoms with van der Waals surface area (Å²) in [6.45, 7) is 3.72. The molecular weight excluding hydrogens is 524 g/mol. The predicted octanol–water partition coefficient (Wildman–Crippen LogP) is 4.10. The second-order valence-electron chi connectivity index (χ2n) is 8.82. The Hall–Kier alpha value is -3.54. The van der Waals surface area contributed by atoms with E-state index in [2.05, 4.69) is 4.99 Å². The van der Waals surface area contributed by atoms with Crippen LogP contribution in [0.5, 0.6) is 0 Å². The highest BCUT2D eigenvalue weighted by Crippen LogP contribution is 2.41. The van der Waals surface area contributed by atoms with Gasteiger partial charge < -0.3 is 19.3 Å². The summed E-state index contributed by atoms with van der Waals surface area (Å²) in [5.74, 6) is -2.61. The number of nitrogens with zero attached hydrogens (tertiary/aromatic N) is 2. The Morgan fingerprint density at radius 3 is 2.49 bits per heavy atom. The van der Waals surface area contributed by atoms with Gasteiger partial charge in [-0.2, -0.15) is 0 Å². The molecule has 11 heteroatoms. The topological polar surface area (TPSA) is 138 Å². The zero-order valence-corrected chi connectivity index (χ0v) is 22.9. The van der Waals surface area contributed by atoms with E-state index in [0.717, 1.165) is 10.5 Å². The molecule has 208 valence electrons. The maximum absolute atomic E-state index is 13.4. The van der Waals surface area contributed by atoms with Crippen LogP contribution in [-0.2, 0) is 30.2 Å². The molecule has 0 saturated heterocycles. The molecule has 0 saturated carbocycles. The van der Waals surface area contributed by atoms with Crippen LogP contribution in [0.25, 0.3) is 0 Å². The molecule has 0 fully saturated rings. The molecule has 2 unspecified atom stereocenters. The van der Waals surface area contributed by atoms with E-state index < -0.39 is 28.7 Å². The van der Waals surface area contributed by atoms with Gasteiger partial charge in [0.2, 0.25) is 0 Å². The zero-order valence-electron chi connectivity index (χ0n) is 22.1. The number of allylic oxidation sites excluding steroid dienone is 1. The van der Waals surface area contributed by atoms with Gasteiger partial charge in [-0.05, 0) is 43.5 Å². The molecule has 1 N–H and O–H groups in total. The van der Waals surface area contributed by atoms with Crippen LogP contribution in [0.2, 0.25) is 0 Å². The highest BCUT2D eigenvalue weighted by molar-refractivity contribution is 7.99. The van der Waals surface area contributed by atoms with Crippen molar-refractivity contribution in [2.75, 3.05) is 39.3 Å². The molecule has 0 radical (unpaired) electrons. The third-order valence-corrected chi connectivity index (χ3v) is 7.16. The van der Waals surface area contributed by atoms with Gasteiger partial charge in [0.25, 0.3) is 5.69 Å². The number of nitro benzene ring substituents is 1. The minimum atomic E-state index is -0.970. The smallest absolute Gasteiger partial charge is 0.336 e. The van der Waals surface area contributed by atoms with E-state index in [1.807, 2.05) is 24.3 Å². The normalized spacial score (nSPS) is 17.0. The Labute approximate surface area is 231 Å². The number of benzene rings is 2. The summed E-state index contributed by atoms with van der Waals surface area (Å²) < 4.78 is 15.9. The summed E-state index contributed by atoms with van der Waals surface area (Å²) >= 11 is 1.51. The van der Waals surface area contributed by atoms with Crippen molar-refractivity contribution in [1.82, 2.24) is 0 Å². The molecule has 39 heavy (non-hydrogen) atoms. The molecule has 0 aliphatic carbocycles. The fourth-order valence-corrected chi connectivity index (χ4v) is 5.10. The first-order valence-electron chi connectivity index (χ1n) is 12.4. The zero-order chi connectivity index (χ0) is 28.4. The van der Waals surface area contributed by atoms with Crippen LogP contribution in [0.4, 0.5) is 5.69 Å². The number of rotatable bonds is 13. The number of carbonyl (C=O) groups excluding carboxylic acids is 2. The Balaban J connectivity index is 1.82. The highest BCUT2D eigenvalue weighted by atomic mass is 32.2. The fourth-order valence-electron chi connectivity index (χ4n) is 4.37. The summed E-state index contributed by atoms with van der Waals surface area (Å²) in [5.41, 5.74) is 2.26. The number of methoxy groups -OCH3 is 1. The Morgan fingerprint density at radius 2 is 1.82 bits per heavy atom. The molecule has 0 bridgehead atoms. The summed E-state index contributed by atoms with van der Waals surface area (Å²) in [6.07, 6.45) is 0.589. The molecular formula is C28H32N2O8S. The van der Waals surface area contributed by atoms with Crippen molar-refractivity contribution in [2.24, 2.45) is 10.9 Å². The largest absolute Gasteiger partial charge is 0.463 e. The summed E-state index contributed by atoms with van der Waals surface area (Å²) in [4.78, 5) is 42.9. The number of ether oxygens (including phenoxy) is 3. The van der Waals surface area contributed by atoms with E-state index in [1.54, 1.807) is 19.9 Å². The molecule has 2 aromatic carbocycles. The summed E-state index contributed by atoms with van der Waals surface area (Å²) in [5, 5.41) is 20.5. The SMILES string of the molecule is COCCOC(=O)C1C(C)=NC(C)=C(C(=O)OCCSc2ccc(CCO)cc2)C1c1cccc([N+](=O)[O-])c1. The van der Waals surface area contributed by atoms with Crippen molar-refractivity contribution in [3.8, 4) is 0 Å². The lowest BCUT2D eigenvalue weighted by Gasteiger charge is -2.31. The predicted molar refractivity (Wildman–Crippen MR) is 147 cm³/mol. The van der Waals surface area contributed by atoms with Gasteiger partial charge in [-0.25, -0.2) is 4.79 Å². The third kappa shape index (κ3) is 7.98. The molecule has 0 spiro atoms. The van der Waals surface area contributed by atoms with E-state index in [0.29, 0.717) is 29.1 Å². The van der Waals surface area contributed by atoms with Gasteiger partial charge in [0.15, 0.2) is 0 Å². The van der Waals surface area contributed by atoms with Crippen LogP contribution in [0.1, 0.15) is 30.9 Å². The quantitative estimate of drug-likeness (QED) is 0.127. The number of thioether (sulfide) groups is 1. The number of hydrogen-bond acceptors (Lipinski definition) is 10. The lowest BCUT2D eigenvalue weighted by Crippen LogP contribution is -2.37. The highest BCUT2D eigenvalue weighted by Gasteiger charge is 2.42. The maximum Gasteiger partial charge on any atom is 0.336 e. The molecule has 1 heterocycles. The minimum absolute atomic E-state index is 0.0153. The average Bonchev–Trinajstić information content (AvgIpc) is 2.91. The first-order chi connectivity index (χ1) is 18.8. The lowest BCUT2D eigenvalue weighted by molar-refractivity contribution is -0.384. The second-order valence-corrected chi connectivity index (χ2v) is 9.99. The van der Waals surface area contributed by atoms with Crippen LogP contribution < -0.4 is 0 Å². The average molecular weight is 557 g/mol. The van der Waals surface area contributed by atoms with Crippen LogP contribution in [0.15, 0.2) is 69.7 Å². The number of carbonyl (C=O) groups is 2. The number of nitro groups is 1. The summed E-state index contributed by atoms with van der Waals surface area (Å²) in [6, 6.07) is 13.6. The van der Waals surface area contributed by atoms with Gasteiger partial charge in [-0.15, -0.1) is 11.8 Å². The van der Waals surface area contributed by atoms with Gasteiger partial charge in [-0.3, -0.25) is 19.9 Å². The molecule has 3 rings (SSSR count). The van der Waals surface area contributed by atoms with Gasteiger partial charge in [0.05, 0.1) is 17.1 Å². The Bertz CT molecular complexity index is 1240. The van der Waals surface area contributed by atoms with Gasteiger partial charge >= 0.3 is 11.9 Å². The minimum Gasteiger partial charge on any atom is -0.463 e. The first kappa shape index (κ1) is 30.0. The molecule has 2 atom stereocenters. The van der Waals surface area contributed by atoms with Crippen molar-refractivity contribution >= 4 is 35.1 Å². The van der Waals surface area contributed by atoms with Crippen LogP contribution in [0, 0.1) is 16.0 Å². The van der Waals surface area contributed by atoms with Crippen LogP contribution in [0.3, 0.4) is 0 Å². The van der Waals surface area contributed by atoms with Crippen molar-refractivity contribution in [3.63, 3.8) is 0 Å². The monoisotopic (exact) mass is 556 g/mol. The van der Waals surface area contributed by atoms with E-state index in [1.165, 1.54) is 37.1 Å². The third-order valence-electron chi connectivity index (χ3n) is 6.18. The second kappa shape index (κ2) is 14.6. The molecule has 1 aliphatic rings. The van der Waals surface area contributed by atoms with E-state index in [9.17, 15) is 19.7 Å². The number of aliphatic hydroxyl groups excluding tert-OH is 1. The van der Waals surface area contributed by atoms with E-state index >= 15 is 0 Å². The molecule has 0 aromatic heterocycles. The molecule has 2 aromatic rings. The number of esters is 2. The fraction of sp³-hybridized carbons (Fsp3) is 0.393. The molecule has 0 amide bonds. The van der Waals surface area contributed by atoms with Crippen molar-refractivity contribution in [2.45, 2.75) is 31.1 Å². The van der Waals surface area contributed by atoms with Crippen molar-refractivity contribution < 1.29 is 33.8 Å². The van der Waals surface area contributed by atoms with Crippen molar-refractivity contribution in [1.29, 1.82) is 0 Å².